The molecule has 1 N–H and O–H groups in total. The van der Waals surface area contributed by atoms with E-state index in [2.05, 4.69) is 26.3 Å². The Morgan fingerprint density at radius 2 is 2.35 bits per heavy atom. The van der Waals surface area contributed by atoms with Gasteiger partial charge < -0.3 is 10.1 Å². The average molecular weight is 270 g/mol. The topological polar surface area (TPSA) is 59.9 Å². The van der Waals surface area contributed by atoms with Gasteiger partial charge in [0.05, 0.1) is 12.3 Å². The summed E-state index contributed by atoms with van der Waals surface area (Å²) >= 11 is 0. The molecule has 20 heavy (non-hydrogen) atoms. The monoisotopic (exact) mass is 270 g/mol. The SMILES string of the molecule is c1cncc(CCNc2cc(C3CCOC3)ncn2)c1. The van der Waals surface area contributed by atoms with Gasteiger partial charge in [-0.15, -0.1) is 0 Å². The number of anilines is 1. The maximum absolute atomic E-state index is 5.40. The zero-order chi connectivity index (χ0) is 13.6. The van der Waals surface area contributed by atoms with Gasteiger partial charge in [0.2, 0.25) is 0 Å². The maximum atomic E-state index is 5.40. The van der Waals surface area contributed by atoms with E-state index >= 15 is 0 Å². The lowest BCUT2D eigenvalue weighted by molar-refractivity contribution is 0.193. The van der Waals surface area contributed by atoms with E-state index in [0.29, 0.717) is 5.92 Å². The van der Waals surface area contributed by atoms with Crippen LogP contribution in [0.5, 0.6) is 0 Å². The van der Waals surface area contributed by atoms with Crippen LogP contribution in [0.1, 0.15) is 23.6 Å². The zero-order valence-corrected chi connectivity index (χ0v) is 11.3. The van der Waals surface area contributed by atoms with Gasteiger partial charge in [-0.25, -0.2) is 9.97 Å². The number of rotatable bonds is 5. The minimum absolute atomic E-state index is 0.414. The molecule has 0 amide bonds. The molecule has 2 aromatic heterocycles. The van der Waals surface area contributed by atoms with Gasteiger partial charge in [0.15, 0.2) is 0 Å². The van der Waals surface area contributed by atoms with Gasteiger partial charge in [0.25, 0.3) is 0 Å². The number of aromatic nitrogens is 3. The van der Waals surface area contributed by atoms with E-state index in [1.165, 1.54) is 5.56 Å². The summed E-state index contributed by atoms with van der Waals surface area (Å²) in [7, 11) is 0. The van der Waals surface area contributed by atoms with Gasteiger partial charge in [0.1, 0.15) is 12.1 Å². The minimum atomic E-state index is 0.414. The predicted octanol–water partition coefficient (Wildman–Crippen LogP) is 2.03. The second-order valence-electron chi connectivity index (χ2n) is 4.93. The summed E-state index contributed by atoms with van der Waals surface area (Å²) in [6.45, 7) is 2.44. The zero-order valence-electron chi connectivity index (χ0n) is 11.3. The standard InChI is InChI=1S/C15H18N4O/c1-2-12(9-16-5-1)3-6-17-15-8-14(18-11-19-15)13-4-7-20-10-13/h1-2,5,8-9,11,13H,3-4,6-7,10H2,(H,17,18,19). The molecule has 0 aromatic carbocycles. The van der Waals surface area contributed by atoms with E-state index in [-0.39, 0.29) is 0 Å². The summed E-state index contributed by atoms with van der Waals surface area (Å²) in [4.78, 5) is 12.7. The summed E-state index contributed by atoms with van der Waals surface area (Å²) in [6, 6.07) is 6.07. The van der Waals surface area contributed by atoms with Crippen LogP contribution in [0.15, 0.2) is 36.9 Å². The lowest BCUT2D eigenvalue weighted by atomic mass is 10.1. The van der Waals surface area contributed by atoms with Crippen LogP contribution in [0.3, 0.4) is 0 Å². The summed E-state index contributed by atoms with van der Waals surface area (Å²) in [5.41, 5.74) is 2.29. The normalized spacial score (nSPS) is 18.1. The number of nitrogens with zero attached hydrogens (tertiary/aromatic N) is 3. The predicted molar refractivity (Wildman–Crippen MR) is 76.6 cm³/mol. The van der Waals surface area contributed by atoms with E-state index < -0.39 is 0 Å². The lowest BCUT2D eigenvalue weighted by Gasteiger charge is -2.09. The Morgan fingerprint density at radius 3 is 3.15 bits per heavy atom. The molecular weight excluding hydrogens is 252 g/mol. The molecule has 0 radical (unpaired) electrons. The van der Waals surface area contributed by atoms with Crippen molar-refractivity contribution in [3.63, 3.8) is 0 Å². The van der Waals surface area contributed by atoms with Crippen molar-refractivity contribution in [1.82, 2.24) is 15.0 Å². The molecule has 1 atom stereocenters. The first kappa shape index (κ1) is 13.0. The summed E-state index contributed by atoms with van der Waals surface area (Å²) < 4.78 is 5.40. The van der Waals surface area contributed by atoms with Gasteiger partial charge in [-0.05, 0) is 24.5 Å². The van der Waals surface area contributed by atoms with Crippen LogP contribution >= 0.6 is 0 Å². The third kappa shape index (κ3) is 3.30. The number of ether oxygens (including phenoxy) is 1. The van der Waals surface area contributed by atoms with Crippen molar-refractivity contribution in [2.75, 3.05) is 25.1 Å². The van der Waals surface area contributed by atoms with E-state index in [4.69, 9.17) is 4.74 Å². The molecule has 0 spiro atoms. The molecule has 5 nitrogen and oxygen atoms in total. The van der Waals surface area contributed by atoms with Crippen LogP contribution in [0.2, 0.25) is 0 Å². The Bertz CT molecular complexity index is 541. The lowest BCUT2D eigenvalue weighted by Crippen LogP contribution is -2.08. The second kappa shape index (κ2) is 6.43. The largest absolute Gasteiger partial charge is 0.381 e. The van der Waals surface area contributed by atoms with Crippen molar-refractivity contribution < 1.29 is 4.74 Å². The number of pyridine rings is 1. The first-order valence-electron chi connectivity index (χ1n) is 6.94. The van der Waals surface area contributed by atoms with Crippen molar-refractivity contribution in [1.29, 1.82) is 0 Å². The Kier molecular flexibility index (Phi) is 4.18. The molecular formula is C15H18N4O. The average Bonchev–Trinajstić information content (AvgIpc) is 3.03. The van der Waals surface area contributed by atoms with Crippen molar-refractivity contribution >= 4 is 5.82 Å². The molecule has 1 aliphatic rings. The molecule has 104 valence electrons. The maximum Gasteiger partial charge on any atom is 0.129 e. The first-order valence-corrected chi connectivity index (χ1v) is 6.94. The summed E-state index contributed by atoms with van der Waals surface area (Å²) in [6.07, 6.45) is 7.28. The van der Waals surface area contributed by atoms with Crippen LogP contribution in [-0.4, -0.2) is 34.7 Å². The third-order valence-electron chi connectivity index (χ3n) is 3.48. The molecule has 2 aromatic rings. The Balaban J connectivity index is 1.56. The molecule has 1 unspecified atom stereocenters. The quantitative estimate of drug-likeness (QED) is 0.900. The molecule has 3 rings (SSSR count). The van der Waals surface area contributed by atoms with Crippen LogP contribution in [0, 0.1) is 0 Å². The highest BCUT2D eigenvalue weighted by molar-refractivity contribution is 5.36. The molecule has 1 saturated heterocycles. The van der Waals surface area contributed by atoms with Gasteiger partial charge >= 0.3 is 0 Å². The highest BCUT2D eigenvalue weighted by atomic mass is 16.5. The molecule has 1 aliphatic heterocycles. The van der Waals surface area contributed by atoms with Crippen LogP contribution in [-0.2, 0) is 11.2 Å². The molecule has 0 saturated carbocycles. The summed E-state index contributed by atoms with van der Waals surface area (Å²) in [5.74, 6) is 1.29. The Morgan fingerprint density at radius 1 is 1.35 bits per heavy atom. The van der Waals surface area contributed by atoms with E-state index in [1.54, 1.807) is 12.5 Å². The van der Waals surface area contributed by atoms with Crippen molar-refractivity contribution in [3.8, 4) is 0 Å². The third-order valence-corrected chi connectivity index (χ3v) is 3.48. The summed E-state index contributed by atoms with van der Waals surface area (Å²) in [5, 5.41) is 3.34. The van der Waals surface area contributed by atoms with Crippen LogP contribution < -0.4 is 5.32 Å². The van der Waals surface area contributed by atoms with Crippen molar-refractivity contribution in [3.05, 3.63) is 48.2 Å². The Labute approximate surface area is 118 Å². The fraction of sp³-hybridized carbons (Fsp3) is 0.400. The van der Waals surface area contributed by atoms with Crippen LogP contribution in [0.4, 0.5) is 5.82 Å². The number of nitrogens with one attached hydrogen (secondary N) is 1. The van der Waals surface area contributed by atoms with Gasteiger partial charge in [-0.3, -0.25) is 4.98 Å². The number of hydrogen-bond donors (Lipinski definition) is 1. The fourth-order valence-electron chi connectivity index (χ4n) is 2.34. The van der Waals surface area contributed by atoms with Gasteiger partial charge in [0, 0.05) is 37.5 Å². The number of hydrogen-bond acceptors (Lipinski definition) is 5. The van der Waals surface area contributed by atoms with Gasteiger partial charge in [-0.2, -0.15) is 0 Å². The van der Waals surface area contributed by atoms with Crippen molar-refractivity contribution in [2.24, 2.45) is 0 Å². The molecule has 0 aliphatic carbocycles. The highest BCUT2D eigenvalue weighted by Crippen LogP contribution is 2.24. The fourth-order valence-corrected chi connectivity index (χ4v) is 2.34. The molecule has 1 fully saturated rings. The molecule has 5 heteroatoms. The van der Waals surface area contributed by atoms with E-state index in [9.17, 15) is 0 Å². The second-order valence-corrected chi connectivity index (χ2v) is 4.93. The van der Waals surface area contributed by atoms with Crippen molar-refractivity contribution in [2.45, 2.75) is 18.8 Å². The minimum Gasteiger partial charge on any atom is -0.381 e. The van der Waals surface area contributed by atoms with E-state index in [1.807, 2.05) is 18.3 Å². The van der Waals surface area contributed by atoms with E-state index in [0.717, 1.165) is 44.1 Å². The van der Waals surface area contributed by atoms with Gasteiger partial charge in [-0.1, -0.05) is 6.07 Å². The van der Waals surface area contributed by atoms with Crippen LogP contribution in [0.25, 0.3) is 0 Å². The Hall–Kier alpha value is -2.01. The smallest absolute Gasteiger partial charge is 0.129 e. The molecule has 3 heterocycles. The molecule has 0 bridgehead atoms. The highest BCUT2D eigenvalue weighted by Gasteiger charge is 2.19. The first-order chi connectivity index (χ1) is 9.92.